The maximum Gasteiger partial charge on any atom is 0.00699 e. The Hall–Kier alpha value is -0.0800. The van der Waals surface area contributed by atoms with E-state index in [2.05, 4.69) is 6.92 Å². The van der Waals surface area contributed by atoms with E-state index < -0.39 is 0 Å². The molecule has 0 aliphatic heterocycles. The average Bonchev–Trinajstić information content (AvgIpc) is 2.46. The minimum Gasteiger partial charge on any atom is -0.328 e. The molecule has 0 aromatic heterocycles. The summed E-state index contributed by atoms with van der Waals surface area (Å²) in [6, 6.07) is 0.952. The maximum absolute atomic E-state index is 6.49. The molecule has 0 aromatic carbocycles. The van der Waals surface area contributed by atoms with E-state index in [9.17, 15) is 0 Å². The fourth-order valence-corrected chi connectivity index (χ4v) is 4.72. The lowest BCUT2D eigenvalue weighted by atomic mass is 9.66. The summed E-state index contributed by atoms with van der Waals surface area (Å²) in [6.45, 7) is 2.31. The van der Waals surface area contributed by atoms with Gasteiger partial charge in [-0.25, -0.2) is 0 Å². The third kappa shape index (κ3) is 4.46. The van der Waals surface area contributed by atoms with E-state index in [-0.39, 0.29) is 0 Å². The van der Waals surface area contributed by atoms with Crippen LogP contribution in [0.1, 0.15) is 84.0 Å². The lowest BCUT2D eigenvalue weighted by Crippen LogP contribution is -2.42. The van der Waals surface area contributed by atoms with Crippen LogP contribution < -0.4 is 11.5 Å². The van der Waals surface area contributed by atoms with Crippen LogP contribution in [0.5, 0.6) is 0 Å². The van der Waals surface area contributed by atoms with Gasteiger partial charge in [-0.15, -0.1) is 0 Å². The molecule has 118 valence electrons. The van der Waals surface area contributed by atoms with Gasteiger partial charge in [0.25, 0.3) is 0 Å². The molecule has 0 aromatic rings. The summed E-state index contributed by atoms with van der Waals surface area (Å²) in [5, 5.41) is 0. The molecule has 0 bridgehead atoms. The molecule has 0 spiro atoms. The van der Waals surface area contributed by atoms with Crippen LogP contribution in [0.3, 0.4) is 0 Å². The van der Waals surface area contributed by atoms with E-state index in [1.165, 1.54) is 77.0 Å². The highest BCUT2D eigenvalue weighted by Gasteiger charge is 2.35. The Morgan fingerprint density at radius 3 is 2.25 bits per heavy atom. The predicted octanol–water partition coefficient (Wildman–Crippen LogP) is 4.22. The zero-order valence-corrected chi connectivity index (χ0v) is 13.5. The van der Waals surface area contributed by atoms with Crippen molar-refractivity contribution < 1.29 is 0 Å². The zero-order chi connectivity index (χ0) is 14.4. The lowest BCUT2D eigenvalue weighted by molar-refractivity contribution is 0.112. The van der Waals surface area contributed by atoms with Crippen LogP contribution in [0.25, 0.3) is 0 Å². The molecule has 2 nitrogen and oxygen atoms in total. The summed E-state index contributed by atoms with van der Waals surface area (Å²) in [7, 11) is 0. The van der Waals surface area contributed by atoms with E-state index in [0.29, 0.717) is 12.1 Å². The Morgan fingerprint density at radius 2 is 1.60 bits per heavy atom. The fraction of sp³-hybridized carbons (Fsp3) is 1.00. The van der Waals surface area contributed by atoms with E-state index >= 15 is 0 Å². The molecule has 0 saturated heterocycles. The molecule has 2 saturated carbocycles. The molecular formula is C18H36N2. The van der Waals surface area contributed by atoms with Crippen LogP contribution in [-0.4, -0.2) is 12.1 Å². The molecule has 3 atom stereocenters. The first-order valence-electron chi connectivity index (χ1n) is 9.23. The number of rotatable bonds is 6. The third-order valence-corrected chi connectivity index (χ3v) is 5.99. The van der Waals surface area contributed by atoms with Crippen molar-refractivity contribution in [1.82, 2.24) is 0 Å². The lowest BCUT2D eigenvalue weighted by Gasteiger charge is -2.42. The highest BCUT2D eigenvalue weighted by Crippen LogP contribution is 2.41. The normalized spacial score (nSPS) is 36.8. The molecule has 0 amide bonds. The summed E-state index contributed by atoms with van der Waals surface area (Å²) < 4.78 is 0. The Kier molecular flexibility index (Phi) is 6.83. The maximum atomic E-state index is 6.49. The topological polar surface area (TPSA) is 52.0 Å². The van der Waals surface area contributed by atoms with Gasteiger partial charge in [0.1, 0.15) is 0 Å². The van der Waals surface area contributed by atoms with Crippen molar-refractivity contribution in [3.63, 3.8) is 0 Å². The first kappa shape index (κ1) is 16.3. The zero-order valence-electron chi connectivity index (χ0n) is 13.5. The minimum absolute atomic E-state index is 0.475. The van der Waals surface area contributed by atoms with Crippen LogP contribution in [0, 0.1) is 17.8 Å². The van der Waals surface area contributed by atoms with Gasteiger partial charge in [-0.2, -0.15) is 0 Å². The van der Waals surface area contributed by atoms with Crippen LogP contribution in [0.4, 0.5) is 0 Å². The molecule has 3 unspecified atom stereocenters. The molecule has 2 heteroatoms. The average molecular weight is 280 g/mol. The molecule has 2 aliphatic carbocycles. The van der Waals surface area contributed by atoms with Crippen LogP contribution in [0.15, 0.2) is 0 Å². The minimum atomic E-state index is 0.475. The van der Waals surface area contributed by atoms with Gasteiger partial charge in [0.05, 0.1) is 0 Å². The van der Waals surface area contributed by atoms with Gasteiger partial charge in [-0.1, -0.05) is 39.0 Å². The Labute approximate surface area is 126 Å². The second-order valence-corrected chi connectivity index (χ2v) is 7.45. The second kappa shape index (κ2) is 8.38. The Morgan fingerprint density at radius 1 is 0.900 bits per heavy atom. The van der Waals surface area contributed by atoms with E-state index in [1.807, 2.05) is 0 Å². The van der Waals surface area contributed by atoms with E-state index in [0.717, 1.165) is 17.8 Å². The van der Waals surface area contributed by atoms with Crippen LogP contribution >= 0.6 is 0 Å². The fourth-order valence-electron chi connectivity index (χ4n) is 4.72. The van der Waals surface area contributed by atoms with Crippen LogP contribution in [0.2, 0.25) is 0 Å². The van der Waals surface area contributed by atoms with Gasteiger partial charge in [0.15, 0.2) is 0 Å². The number of hydrogen-bond donors (Lipinski definition) is 2. The molecule has 20 heavy (non-hydrogen) atoms. The first-order chi connectivity index (χ1) is 9.72. The standard InChI is InChI=1S/C18H36N2/c1-2-3-4-7-16(14-10-12-15(19)13-11-14)17-8-5-6-9-18(17)20/h14-18H,2-13,19-20H2,1H3. The van der Waals surface area contributed by atoms with Gasteiger partial charge in [0, 0.05) is 12.1 Å². The highest BCUT2D eigenvalue weighted by atomic mass is 14.7. The number of nitrogens with two attached hydrogens (primary N) is 2. The largest absolute Gasteiger partial charge is 0.328 e. The quantitative estimate of drug-likeness (QED) is 0.716. The highest BCUT2D eigenvalue weighted by molar-refractivity contribution is 4.89. The van der Waals surface area contributed by atoms with Gasteiger partial charge >= 0.3 is 0 Å². The summed E-state index contributed by atoms with van der Waals surface area (Å²) in [5.74, 6) is 2.62. The van der Waals surface area contributed by atoms with E-state index in [4.69, 9.17) is 11.5 Å². The summed E-state index contributed by atoms with van der Waals surface area (Å²) in [4.78, 5) is 0. The van der Waals surface area contributed by atoms with E-state index in [1.54, 1.807) is 0 Å². The summed E-state index contributed by atoms with van der Waals surface area (Å²) >= 11 is 0. The predicted molar refractivity (Wildman–Crippen MR) is 87.5 cm³/mol. The molecule has 0 heterocycles. The molecule has 2 fully saturated rings. The summed E-state index contributed by atoms with van der Waals surface area (Å²) in [6.07, 6.45) is 16.2. The smallest absolute Gasteiger partial charge is 0.00699 e. The molecule has 2 aliphatic rings. The van der Waals surface area contributed by atoms with Crippen molar-refractivity contribution in [2.24, 2.45) is 29.2 Å². The van der Waals surface area contributed by atoms with Gasteiger partial charge in [0.2, 0.25) is 0 Å². The molecule has 4 N–H and O–H groups in total. The van der Waals surface area contributed by atoms with Gasteiger partial charge in [-0.05, 0) is 62.7 Å². The monoisotopic (exact) mass is 280 g/mol. The van der Waals surface area contributed by atoms with Crippen molar-refractivity contribution in [3.8, 4) is 0 Å². The van der Waals surface area contributed by atoms with Gasteiger partial charge in [-0.3, -0.25) is 0 Å². The molecule has 2 rings (SSSR count). The van der Waals surface area contributed by atoms with Crippen molar-refractivity contribution in [2.45, 2.75) is 96.1 Å². The SMILES string of the molecule is CCCCCC(C1CCC(N)CC1)C1CCCCC1N. The van der Waals surface area contributed by atoms with Crippen LogP contribution in [-0.2, 0) is 0 Å². The van der Waals surface area contributed by atoms with Crippen molar-refractivity contribution in [1.29, 1.82) is 0 Å². The molecule has 0 radical (unpaired) electrons. The molecular weight excluding hydrogens is 244 g/mol. The number of unbranched alkanes of at least 4 members (excludes halogenated alkanes) is 2. The van der Waals surface area contributed by atoms with Crippen molar-refractivity contribution >= 4 is 0 Å². The Bertz CT molecular complexity index is 258. The summed E-state index contributed by atoms with van der Waals surface area (Å²) in [5.41, 5.74) is 12.6. The Balaban J connectivity index is 1.95. The van der Waals surface area contributed by atoms with Crippen molar-refractivity contribution in [3.05, 3.63) is 0 Å². The third-order valence-electron chi connectivity index (χ3n) is 5.99. The first-order valence-corrected chi connectivity index (χ1v) is 9.23. The second-order valence-electron chi connectivity index (χ2n) is 7.45. The van der Waals surface area contributed by atoms with Gasteiger partial charge < -0.3 is 11.5 Å². The van der Waals surface area contributed by atoms with Crippen molar-refractivity contribution in [2.75, 3.05) is 0 Å². The number of hydrogen-bond acceptors (Lipinski definition) is 2.